The Hall–Kier alpha value is -1.15. The molecule has 0 bridgehead atoms. The van der Waals surface area contributed by atoms with E-state index in [1.807, 2.05) is 12.3 Å². The molecule has 1 heterocycles. The minimum Gasteiger partial charge on any atom is -0.261 e. The van der Waals surface area contributed by atoms with Crippen LogP contribution in [0.1, 0.15) is 28.8 Å². The Balaban J connectivity index is 1.88. The van der Waals surface area contributed by atoms with Gasteiger partial charge in [-0.25, -0.2) is 0 Å². The second-order valence-corrected chi connectivity index (χ2v) is 6.39. The first kappa shape index (κ1) is 14.3. The Labute approximate surface area is 124 Å². The first-order valence-corrected chi connectivity index (χ1v) is 7.67. The summed E-state index contributed by atoms with van der Waals surface area (Å²) in [4.78, 5) is 4.94. The first-order valence-electron chi connectivity index (χ1n) is 6.75. The molecule has 0 spiro atoms. The zero-order valence-corrected chi connectivity index (χ0v) is 13.2. The highest BCUT2D eigenvalue weighted by Crippen LogP contribution is 2.17. The van der Waals surface area contributed by atoms with Crippen molar-refractivity contribution in [3.8, 4) is 0 Å². The standard InChI is InChI=1S/C17H20BrN/c1-13-5-3-7-15(11-13)8-9-16(18)12-17-14(2)6-4-10-19-17/h3-7,10-11,16H,8-9,12H2,1-2H3. The van der Waals surface area contributed by atoms with E-state index in [1.165, 1.54) is 22.4 Å². The zero-order chi connectivity index (χ0) is 13.7. The number of alkyl halides is 1. The number of nitrogens with zero attached hydrogens (tertiary/aromatic N) is 1. The number of hydrogen-bond acceptors (Lipinski definition) is 1. The Morgan fingerprint density at radius 2 is 2.00 bits per heavy atom. The number of hydrogen-bond donors (Lipinski definition) is 0. The van der Waals surface area contributed by atoms with Crippen molar-refractivity contribution < 1.29 is 0 Å². The van der Waals surface area contributed by atoms with Crippen molar-refractivity contribution in [2.24, 2.45) is 0 Å². The van der Waals surface area contributed by atoms with Gasteiger partial charge in [-0.1, -0.05) is 51.8 Å². The number of halogens is 1. The summed E-state index contributed by atoms with van der Waals surface area (Å²) in [6, 6.07) is 12.9. The normalized spacial score (nSPS) is 12.4. The van der Waals surface area contributed by atoms with Crippen LogP contribution in [-0.4, -0.2) is 9.81 Å². The second kappa shape index (κ2) is 6.85. The van der Waals surface area contributed by atoms with E-state index in [0.717, 1.165) is 19.3 Å². The van der Waals surface area contributed by atoms with E-state index in [1.54, 1.807) is 0 Å². The fourth-order valence-electron chi connectivity index (χ4n) is 2.23. The maximum atomic E-state index is 4.46. The van der Waals surface area contributed by atoms with Gasteiger partial charge in [-0.05, 0) is 43.9 Å². The molecule has 0 saturated carbocycles. The molecule has 0 fully saturated rings. The van der Waals surface area contributed by atoms with E-state index < -0.39 is 0 Å². The number of aromatic nitrogens is 1. The van der Waals surface area contributed by atoms with Crippen molar-refractivity contribution in [3.63, 3.8) is 0 Å². The van der Waals surface area contributed by atoms with Crippen LogP contribution in [0.15, 0.2) is 42.6 Å². The van der Waals surface area contributed by atoms with Gasteiger partial charge in [0.1, 0.15) is 0 Å². The van der Waals surface area contributed by atoms with Crippen molar-refractivity contribution in [2.75, 3.05) is 0 Å². The smallest absolute Gasteiger partial charge is 0.0443 e. The van der Waals surface area contributed by atoms with E-state index in [-0.39, 0.29) is 0 Å². The molecule has 0 aliphatic rings. The van der Waals surface area contributed by atoms with Crippen LogP contribution in [-0.2, 0) is 12.8 Å². The third kappa shape index (κ3) is 4.46. The molecule has 0 amide bonds. The molecule has 0 radical (unpaired) electrons. The minimum atomic E-state index is 0.488. The molecule has 1 aromatic carbocycles. The van der Waals surface area contributed by atoms with Crippen LogP contribution < -0.4 is 0 Å². The van der Waals surface area contributed by atoms with E-state index in [0.29, 0.717) is 4.83 Å². The summed E-state index contributed by atoms with van der Waals surface area (Å²) in [5, 5.41) is 0. The van der Waals surface area contributed by atoms with Crippen LogP contribution >= 0.6 is 15.9 Å². The fourth-order valence-corrected chi connectivity index (χ4v) is 2.77. The zero-order valence-electron chi connectivity index (χ0n) is 11.6. The highest BCUT2D eigenvalue weighted by molar-refractivity contribution is 9.09. The quantitative estimate of drug-likeness (QED) is 0.732. The van der Waals surface area contributed by atoms with Gasteiger partial charge in [0, 0.05) is 23.1 Å². The van der Waals surface area contributed by atoms with Crippen molar-refractivity contribution >= 4 is 15.9 Å². The SMILES string of the molecule is Cc1cccc(CCC(Br)Cc2ncccc2C)c1. The lowest BCUT2D eigenvalue weighted by Gasteiger charge is -2.11. The van der Waals surface area contributed by atoms with Gasteiger partial charge in [0.05, 0.1) is 0 Å². The average Bonchev–Trinajstić information content (AvgIpc) is 2.39. The van der Waals surface area contributed by atoms with Gasteiger partial charge in [-0.3, -0.25) is 4.98 Å². The van der Waals surface area contributed by atoms with E-state index >= 15 is 0 Å². The molecule has 2 rings (SSSR count). The summed E-state index contributed by atoms with van der Waals surface area (Å²) in [6.07, 6.45) is 5.13. The second-order valence-electron chi connectivity index (χ2n) is 5.10. The molecule has 1 aromatic heterocycles. The van der Waals surface area contributed by atoms with Crippen molar-refractivity contribution in [1.82, 2.24) is 4.98 Å². The summed E-state index contributed by atoms with van der Waals surface area (Å²) in [6.45, 7) is 4.27. The maximum absolute atomic E-state index is 4.46. The summed E-state index contributed by atoms with van der Waals surface area (Å²) < 4.78 is 0. The van der Waals surface area contributed by atoms with Gasteiger partial charge in [-0.15, -0.1) is 0 Å². The van der Waals surface area contributed by atoms with Crippen LogP contribution in [0, 0.1) is 13.8 Å². The first-order chi connectivity index (χ1) is 9.15. The van der Waals surface area contributed by atoms with E-state index in [4.69, 9.17) is 0 Å². The van der Waals surface area contributed by atoms with Crippen LogP contribution in [0.5, 0.6) is 0 Å². The largest absolute Gasteiger partial charge is 0.261 e. The van der Waals surface area contributed by atoms with Crippen molar-refractivity contribution in [1.29, 1.82) is 0 Å². The number of aryl methyl sites for hydroxylation is 3. The van der Waals surface area contributed by atoms with Crippen LogP contribution in [0.2, 0.25) is 0 Å². The van der Waals surface area contributed by atoms with Gasteiger partial charge >= 0.3 is 0 Å². The predicted octanol–water partition coefficient (Wildman–Crippen LogP) is 4.64. The molecule has 0 aliphatic carbocycles. The third-order valence-electron chi connectivity index (χ3n) is 3.36. The Morgan fingerprint density at radius 3 is 2.74 bits per heavy atom. The highest BCUT2D eigenvalue weighted by Gasteiger charge is 2.08. The molecule has 1 nitrogen and oxygen atoms in total. The fraction of sp³-hybridized carbons (Fsp3) is 0.353. The van der Waals surface area contributed by atoms with Crippen molar-refractivity contribution in [2.45, 2.75) is 37.9 Å². The molecule has 1 atom stereocenters. The molecule has 1 unspecified atom stereocenters. The molecule has 0 N–H and O–H groups in total. The Bertz CT molecular complexity index is 536. The van der Waals surface area contributed by atoms with E-state index in [2.05, 4.69) is 65.1 Å². The van der Waals surface area contributed by atoms with Gasteiger partial charge in [-0.2, -0.15) is 0 Å². The van der Waals surface area contributed by atoms with Gasteiger partial charge < -0.3 is 0 Å². The number of pyridine rings is 1. The average molecular weight is 318 g/mol. The maximum Gasteiger partial charge on any atom is 0.0443 e. The predicted molar refractivity (Wildman–Crippen MR) is 84.9 cm³/mol. The molecule has 0 saturated heterocycles. The molecule has 100 valence electrons. The Morgan fingerprint density at radius 1 is 1.16 bits per heavy atom. The molecule has 2 aromatic rings. The van der Waals surface area contributed by atoms with Crippen LogP contribution in [0.4, 0.5) is 0 Å². The number of rotatable bonds is 5. The lowest BCUT2D eigenvalue weighted by molar-refractivity contribution is 0.747. The molecular weight excluding hydrogens is 298 g/mol. The molecular formula is C17H20BrN. The van der Waals surface area contributed by atoms with Crippen molar-refractivity contribution in [3.05, 3.63) is 65.0 Å². The summed E-state index contributed by atoms with van der Waals surface area (Å²) in [5.41, 5.74) is 5.24. The number of benzene rings is 1. The molecule has 19 heavy (non-hydrogen) atoms. The monoisotopic (exact) mass is 317 g/mol. The topological polar surface area (TPSA) is 12.9 Å². The summed E-state index contributed by atoms with van der Waals surface area (Å²) >= 11 is 3.78. The van der Waals surface area contributed by atoms with Crippen LogP contribution in [0.25, 0.3) is 0 Å². The van der Waals surface area contributed by atoms with Crippen LogP contribution in [0.3, 0.4) is 0 Å². The highest BCUT2D eigenvalue weighted by atomic mass is 79.9. The Kier molecular flexibility index (Phi) is 5.15. The third-order valence-corrected chi connectivity index (χ3v) is 4.14. The lowest BCUT2D eigenvalue weighted by Crippen LogP contribution is -2.07. The molecule has 2 heteroatoms. The summed E-state index contributed by atoms with van der Waals surface area (Å²) in [7, 11) is 0. The van der Waals surface area contributed by atoms with Gasteiger partial charge in [0.25, 0.3) is 0 Å². The van der Waals surface area contributed by atoms with Gasteiger partial charge in [0.15, 0.2) is 0 Å². The van der Waals surface area contributed by atoms with Gasteiger partial charge in [0.2, 0.25) is 0 Å². The van der Waals surface area contributed by atoms with E-state index in [9.17, 15) is 0 Å². The molecule has 0 aliphatic heterocycles. The lowest BCUT2D eigenvalue weighted by atomic mass is 10.0. The summed E-state index contributed by atoms with van der Waals surface area (Å²) in [5.74, 6) is 0. The minimum absolute atomic E-state index is 0.488.